The molecular formula is C19H16ClN5O. The van der Waals surface area contributed by atoms with Gasteiger partial charge in [-0.25, -0.2) is 4.98 Å². The number of rotatable bonds is 4. The lowest BCUT2D eigenvalue weighted by atomic mass is 10.1. The molecule has 0 amide bonds. The summed E-state index contributed by atoms with van der Waals surface area (Å²) in [6.07, 6.45) is 0. The maximum absolute atomic E-state index is 12.4. The number of halogens is 1. The van der Waals surface area contributed by atoms with Crippen molar-refractivity contribution in [2.75, 3.05) is 5.32 Å². The van der Waals surface area contributed by atoms with Crippen molar-refractivity contribution in [2.45, 2.75) is 13.5 Å². The molecule has 2 aromatic heterocycles. The lowest BCUT2D eigenvalue weighted by molar-refractivity contribution is 0.879. The standard InChI is InChI=1S/C19H16ClN5O/c1-12-2-4-13(5-3-12)18-23-19-22-16(10-17(26)25(19)24-18)11-21-15-8-6-14(20)7-9-15/h2-10,21H,11H2,1H3,(H,22,23,24). The lowest BCUT2D eigenvalue weighted by Gasteiger charge is -2.05. The molecule has 4 rings (SSSR count). The number of aryl methyl sites for hydroxylation is 1. The number of nitrogens with zero attached hydrogens (tertiary/aromatic N) is 3. The first kappa shape index (κ1) is 16.4. The summed E-state index contributed by atoms with van der Waals surface area (Å²) in [6, 6.07) is 16.8. The van der Waals surface area contributed by atoms with Gasteiger partial charge in [0, 0.05) is 22.3 Å². The van der Waals surface area contributed by atoms with Crippen LogP contribution in [0.5, 0.6) is 0 Å². The van der Waals surface area contributed by atoms with Gasteiger partial charge in [0.1, 0.15) is 0 Å². The van der Waals surface area contributed by atoms with E-state index in [0.29, 0.717) is 28.9 Å². The third-order valence-corrected chi connectivity index (χ3v) is 4.28. The van der Waals surface area contributed by atoms with Gasteiger partial charge in [0.2, 0.25) is 0 Å². The van der Waals surface area contributed by atoms with E-state index in [1.165, 1.54) is 10.6 Å². The molecule has 4 aromatic rings. The number of fused-ring (bicyclic) bond motifs is 1. The highest BCUT2D eigenvalue weighted by Crippen LogP contribution is 2.16. The molecule has 2 aromatic carbocycles. The molecule has 130 valence electrons. The van der Waals surface area contributed by atoms with Gasteiger partial charge in [-0.1, -0.05) is 41.4 Å². The summed E-state index contributed by atoms with van der Waals surface area (Å²) in [4.78, 5) is 21.3. The second kappa shape index (κ2) is 6.65. The normalized spacial score (nSPS) is 11.0. The van der Waals surface area contributed by atoms with Crippen LogP contribution in [0, 0.1) is 6.92 Å². The van der Waals surface area contributed by atoms with Crippen LogP contribution in [0.1, 0.15) is 11.3 Å². The van der Waals surface area contributed by atoms with E-state index in [0.717, 1.165) is 16.8 Å². The minimum absolute atomic E-state index is 0.200. The van der Waals surface area contributed by atoms with E-state index in [-0.39, 0.29) is 5.56 Å². The van der Waals surface area contributed by atoms with Crippen LogP contribution in [0.15, 0.2) is 59.4 Å². The number of aromatic amines is 1. The molecule has 0 aliphatic rings. The first-order valence-electron chi connectivity index (χ1n) is 8.14. The Labute approximate surface area is 154 Å². The zero-order chi connectivity index (χ0) is 18.1. The molecule has 0 fully saturated rings. The molecule has 0 unspecified atom stereocenters. The fourth-order valence-electron chi connectivity index (χ4n) is 2.62. The van der Waals surface area contributed by atoms with E-state index >= 15 is 0 Å². The number of aromatic nitrogens is 4. The van der Waals surface area contributed by atoms with Gasteiger partial charge in [-0.2, -0.15) is 9.50 Å². The van der Waals surface area contributed by atoms with Crippen molar-refractivity contribution in [3.63, 3.8) is 0 Å². The minimum Gasteiger partial charge on any atom is -0.379 e. The molecular weight excluding hydrogens is 350 g/mol. The van der Waals surface area contributed by atoms with Gasteiger partial charge in [0.15, 0.2) is 5.82 Å². The van der Waals surface area contributed by atoms with Crippen molar-refractivity contribution < 1.29 is 0 Å². The monoisotopic (exact) mass is 365 g/mol. The Morgan fingerprint density at radius 2 is 1.81 bits per heavy atom. The Kier molecular flexibility index (Phi) is 4.18. The summed E-state index contributed by atoms with van der Waals surface area (Å²) >= 11 is 5.88. The smallest absolute Gasteiger partial charge is 0.274 e. The van der Waals surface area contributed by atoms with Gasteiger partial charge in [-0.3, -0.25) is 9.89 Å². The molecule has 0 spiro atoms. The zero-order valence-electron chi connectivity index (χ0n) is 14.0. The summed E-state index contributed by atoms with van der Waals surface area (Å²) in [5.74, 6) is 0.957. The van der Waals surface area contributed by atoms with Crippen LogP contribution in [0.3, 0.4) is 0 Å². The predicted octanol–water partition coefficient (Wildman–Crippen LogP) is 3.66. The van der Waals surface area contributed by atoms with Crippen LogP contribution in [0.25, 0.3) is 17.2 Å². The Morgan fingerprint density at radius 1 is 1.08 bits per heavy atom. The van der Waals surface area contributed by atoms with E-state index in [1.54, 1.807) is 12.1 Å². The van der Waals surface area contributed by atoms with Crippen LogP contribution in [-0.4, -0.2) is 19.6 Å². The molecule has 0 aliphatic heterocycles. The highest BCUT2D eigenvalue weighted by Gasteiger charge is 2.09. The number of H-pyrrole nitrogens is 1. The highest BCUT2D eigenvalue weighted by molar-refractivity contribution is 6.30. The summed E-state index contributed by atoms with van der Waals surface area (Å²) in [5.41, 5.74) is 3.39. The Bertz CT molecular complexity index is 1110. The molecule has 26 heavy (non-hydrogen) atoms. The quantitative estimate of drug-likeness (QED) is 0.578. The van der Waals surface area contributed by atoms with E-state index in [9.17, 15) is 4.79 Å². The second-order valence-electron chi connectivity index (χ2n) is 6.02. The summed E-state index contributed by atoms with van der Waals surface area (Å²) in [7, 11) is 0. The third-order valence-electron chi connectivity index (χ3n) is 4.03. The van der Waals surface area contributed by atoms with Crippen LogP contribution in [0.4, 0.5) is 5.69 Å². The van der Waals surface area contributed by atoms with E-state index in [4.69, 9.17) is 11.6 Å². The molecule has 0 radical (unpaired) electrons. The van der Waals surface area contributed by atoms with Gasteiger partial charge in [-0.15, -0.1) is 0 Å². The molecule has 7 heteroatoms. The molecule has 6 nitrogen and oxygen atoms in total. The summed E-state index contributed by atoms with van der Waals surface area (Å²) < 4.78 is 1.35. The van der Waals surface area contributed by atoms with Crippen LogP contribution in [0.2, 0.25) is 5.02 Å². The van der Waals surface area contributed by atoms with Gasteiger partial charge < -0.3 is 5.32 Å². The molecule has 0 bridgehead atoms. The molecule has 0 aliphatic carbocycles. The maximum atomic E-state index is 12.4. The fourth-order valence-corrected chi connectivity index (χ4v) is 2.74. The predicted molar refractivity (Wildman–Crippen MR) is 103 cm³/mol. The van der Waals surface area contributed by atoms with Crippen molar-refractivity contribution in [1.29, 1.82) is 0 Å². The zero-order valence-corrected chi connectivity index (χ0v) is 14.8. The topological polar surface area (TPSA) is 75.1 Å². The second-order valence-corrected chi connectivity index (χ2v) is 6.46. The maximum Gasteiger partial charge on any atom is 0.274 e. The van der Waals surface area contributed by atoms with E-state index < -0.39 is 0 Å². The van der Waals surface area contributed by atoms with Crippen molar-refractivity contribution >= 4 is 23.1 Å². The van der Waals surface area contributed by atoms with Gasteiger partial charge in [-0.05, 0) is 31.2 Å². The molecule has 2 N–H and O–H groups in total. The number of anilines is 1. The Balaban J connectivity index is 1.62. The third kappa shape index (κ3) is 3.32. The number of nitrogens with one attached hydrogen (secondary N) is 2. The SMILES string of the molecule is Cc1ccc(-c2nc3nc(CNc4ccc(Cl)cc4)cc(=O)n3[nH]2)cc1. The lowest BCUT2D eigenvalue weighted by Crippen LogP contribution is -2.17. The van der Waals surface area contributed by atoms with Crippen LogP contribution in [-0.2, 0) is 6.54 Å². The number of hydrogen-bond donors (Lipinski definition) is 2. The van der Waals surface area contributed by atoms with E-state index in [2.05, 4.69) is 20.4 Å². The van der Waals surface area contributed by atoms with Gasteiger partial charge in [0.05, 0.1) is 12.2 Å². The van der Waals surface area contributed by atoms with Crippen LogP contribution >= 0.6 is 11.6 Å². The first-order valence-corrected chi connectivity index (χ1v) is 8.51. The van der Waals surface area contributed by atoms with Crippen LogP contribution < -0.4 is 10.9 Å². The average Bonchev–Trinajstić information content (AvgIpc) is 3.07. The average molecular weight is 366 g/mol. The first-order chi connectivity index (χ1) is 12.6. The molecule has 0 saturated heterocycles. The number of hydrogen-bond acceptors (Lipinski definition) is 4. The van der Waals surface area contributed by atoms with E-state index in [1.807, 2.05) is 43.3 Å². The summed E-state index contributed by atoms with van der Waals surface area (Å²) in [5, 5.41) is 6.89. The molecule has 0 atom stereocenters. The van der Waals surface area contributed by atoms with Gasteiger partial charge >= 0.3 is 0 Å². The molecule has 0 saturated carbocycles. The van der Waals surface area contributed by atoms with Crippen molar-refractivity contribution in [3.8, 4) is 11.4 Å². The fraction of sp³-hybridized carbons (Fsp3) is 0.105. The summed E-state index contributed by atoms with van der Waals surface area (Å²) in [6.45, 7) is 2.44. The number of benzene rings is 2. The minimum atomic E-state index is -0.200. The Morgan fingerprint density at radius 3 is 2.54 bits per heavy atom. The van der Waals surface area contributed by atoms with Crippen molar-refractivity contribution in [3.05, 3.63) is 81.2 Å². The van der Waals surface area contributed by atoms with Crippen molar-refractivity contribution in [1.82, 2.24) is 19.6 Å². The largest absolute Gasteiger partial charge is 0.379 e. The van der Waals surface area contributed by atoms with Crippen molar-refractivity contribution in [2.24, 2.45) is 0 Å². The van der Waals surface area contributed by atoms with Gasteiger partial charge in [0.25, 0.3) is 11.3 Å². The highest BCUT2D eigenvalue weighted by atomic mass is 35.5. The Hall–Kier alpha value is -3.12. The molecule has 2 heterocycles.